The van der Waals surface area contributed by atoms with Crippen molar-refractivity contribution in [2.75, 3.05) is 0 Å². The molecule has 1 heterocycles. The fourth-order valence-corrected chi connectivity index (χ4v) is 2.57. The van der Waals surface area contributed by atoms with Crippen LogP contribution in [-0.2, 0) is 4.79 Å². The molecule has 0 fully saturated rings. The van der Waals surface area contributed by atoms with E-state index in [0.29, 0.717) is 11.4 Å². The SMILES string of the molecule is CC1=N[C@H]([C@@H](c2ccccc2Cl)[C@@H](C#N)[N+](=O)[O-])C(=O)N1. The lowest BCUT2D eigenvalue weighted by molar-refractivity contribution is -0.511. The molecule has 0 aromatic heterocycles. The van der Waals surface area contributed by atoms with Gasteiger partial charge in [-0.25, -0.2) is 0 Å². The fraction of sp³-hybridized carbons (Fsp3) is 0.308. The molecule has 8 heteroatoms. The van der Waals surface area contributed by atoms with E-state index in [-0.39, 0.29) is 5.02 Å². The summed E-state index contributed by atoms with van der Waals surface area (Å²) in [7, 11) is 0. The molecule has 1 aromatic carbocycles. The monoisotopic (exact) mass is 306 g/mol. The third-order valence-corrected chi connectivity index (χ3v) is 3.55. The van der Waals surface area contributed by atoms with Crippen LogP contribution in [0.15, 0.2) is 29.3 Å². The standard InChI is InChI=1S/C13H11ClN4O3/c1-7-16-12(13(19)17-7)11(10(6-15)18(20)21)8-4-2-3-5-9(8)14/h2-5,10-12H,1H3,(H,16,17,19)/t10-,11+,12-/m1/s1. The van der Waals surface area contributed by atoms with Crippen molar-refractivity contribution in [2.24, 2.45) is 4.99 Å². The summed E-state index contributed by atoms with van der Waals surface area (Å²) in [6, 6.07) is 5.41. The van der Waals surface area contributed by atoms with Gasteiger partial charge in [0.2, 0.25) is 0 Å². The molecule has 21 heavy (non-hydrogen) atoms. The van der Waals surface area contributed by atoms with Crippen molar-refractivity contribution in [3.63, 3.8) is 0 Å². The van der Waals surface area contributed by atoms with E-state index in [1.54, 1.807) is 37.3 Å². The average Bonchev–Trinajstić information content (AvgIpc) is 2.75. The van der Waals surface area contributed by atoms with Gasteiger partial charge in [-0.15, -0.1) is 0 Å². The van der Waals surface area contributed by atoms with Crippen LogP contribution in [0.1, 0.15) is 18.4 Å². The number of nitriles is 1. The number of carbonyl (C=O) groups excluding carboxylic acids is 1. The van der Waals surface area contributed by atoms with E-state index in [1.807, 2.05) is 0 Å². The Labute approximate surface area is 125 Å². The van der Waals surface area contributed by atoms with Crippen LogP contribution < -0.4 is 5.32 Å². The van der Waals surface area contributed by atoms with Crippen LogP contribution >= 0.6 is 11.6 Å². The topological polar surface area (TPSA) is 108 Å². The average molecular weight is 307 g/mol. The number of nitrogens with one attached hydrogen (secondary N) is 1. The number of hydrogen-bond acceptors (Lipinski definition) is 5. The van der Waals surface area contributed by atoms with Gasteiger partial charge in [-0.05, 0) is 18.6 Å². The molecule has 0 saturated carbocycles. The van der Waals surface area contributed by atoms with Crippen LogP contribution in [0.5, 0.6) is 0 Å². The first-order valence-electron chi connectivity index (χ1n) is 6.08. The van der Waals surface area contributed by atoms with Crippen LogP contribution in [0.3, 0.4) is 0 Å². The Morgan fingerprint density at radius 1 is 1.52 bits per heavy atom. The molecular formula is C13H11ClN4O3. The van der Waals surface area contributed by atoms with E-state index in [9.17, 15) is 14.9 Å². The van der Waals surface area contributed by atoms with Crippen molar-refractivity contribution in [3.8, 4) is 6.07 Å². The predicted molar refractivity (Wildman–Crippen MR) is 75.6 cm³/mol. The third-order valence-electron chi connectivity index (χ3n) is 3.21. The summed E-state index contributed by atoms with van der Waals surface area (Å²) < 4.78 is 0. The first-order valence-corrected chi connectivity index (χ1v) is 6.46. The number of carbonyl (C=O) groups is 1. The molecule has 0 spiro atoms. The Kier molecular flexibility index (Phi) is 4.19. The fourth-order valence-electron chi connectivity index (χ4n) is 2.31. The molecule has 1 amide bonds. The third kappa shape index (κ3) is 2.85. The Balaban J connectivity index is 2.55. The second-order valence-corrected chi connectivity index (χ2v) is 4.96. The number of hydrogen-bond donors (Lipinski definition) is 1. The van der Waals surface area contributed by atoms with Gasteiger partial charge in [0.25, 0.3) is 5.91 Å². The maximum absolute atomic E-state index is 12.0. The number of benzene rings is 1. The molecule has 1 aliphatic heterocycles. The number of nitrogens with zero attached hydrogens (tertiary/aromatic N) is 3. The number of amidine groups is 1. The molecule has 0 unspecified atom stereocenters. The Hall–Kier alpha value is -2.46. The van der Waals surface area contributed by atoms with Crippen LogP contribution in [-0.4, -0.2) is 28.7 Å². The summed E-state index contributed by atoms with van der Waals surface area (Å²) in [5.74, 6) is -1.15. The molecule has 1 N–H and O–H groups in total. The van der Waals surface area contributed by atoms with E-state index in [1.165, 1.54) is 0 Å². The Bertz CT molecular complexity index is 668. The van der Waals surface area contributed by atoms with Crippen LogP contribution in [0.4, 0.5) is 0 Å². The zero-order valence-electron chi connectivity index (χ0n) is 11.0. The molecule has 108 valence electrons. The number of halogens is 1. The van der Waals surface area contributed by atoms with Crippen molar-refractivity contribution < 1.29 is 9.72 Å². The van der Waals surface area contributed by atoms with Gasteiger partial charge < -0.3 is 5.32 Å². The van der Waals surface area contributed by atoms with Gasteiger partial charge in [-0.1, -0.05) is 29.8 Å². The lowest BCUT2D eigenvalue weighted by atomic mass is 9.85. The van der Waals surface area contributed by atoms with E-state index < -0.39 is 28.8 Å². The van der Waals surface area contributed by atoms with Gasteiger partial charge in [0.1, 0.15) is 17.9 Å². The molecule has 3 atom stereocenters. The van der Waals surface area contributed by atoms with Gasteiger partial charge in [-0.3, -0.25) is 19.9 Å². The Morgan fingerprint density at radius 3 is 2.67 bits per heavy atom. The van der Waals surface area contributed by atoms with Crippen molar-refractivity contribution in [1.29, 1.82) is 5.26 Å². The van der Waals surface area contributed by atoms with Gasteiger partial charge in [0.15, 0.2) is 0 Å². The van der Waals surface area contributed by atoms with Crippen molar-refractivity contribution in [2.45, 2.75) is 24.9 Å². The zero-order valence-corrected chi connectivity index (χ0v) is 11.7. The quantitative estimate of drug-likeness (QED) is 0.671. The van der Waals surface area contributed by atoms with Crippen molar-refractivity contribution in [3.05, 3.63) is 45.0 Å². The highest BCUT2D eigenvalue weighted by Gasteiger charge is 2.45. The lowest BCUT2D eigenvalue weighted by Crippen LogP contribution is -2.39. The van der Waals surface area contributed by atoms with Crippen LogP contribution in [0.2, 0.25) is 5.02 Å². The van der Waals surface area contributed by atoms with E-state index in [2.05, 4.69) is 10.3 Å². The van der Waals surface area contributed by atoms with Gasteiger partial charge >= 0.3 is 6.04 Å². The zero-order chi connectivity index (χ0) is 15.6. The molecule has 2 rings (SSSR count). The van der Waals surface area contributed by atoms with Gasteiger partial charge in [0, 0.05) is 9.95 Å². The minimum absolute atomic E-state index is 0.261. The van der Waals surface area contributed by atoms with Crippen molar-refractivity contribution >= 4 is 23.3 Å². The summed E-state index contributed by atoms with van der Waals surface area (Å²) in [5, 5.41) is 23.0. The number of amides is 1. The minimum atomic E-state index is -1.62. The summed E-state index contributed by atoms with van der Waals surface area (Å²) in [6.45, 7) is 1.58. The summed E-state index contributed by atoms with van der Waals surface area (Å²) >= 11 is 6.08. The summed E-state index contributed by atoms with van der Waals surface area (Å²) in [6.07, 6.45) is 0. The first kappa shape index (κ1) is 14.9. The summed E-state index contributed by atoms with van der Waals surface area (Å²) in [5.41, 5.74) is 0.362. The molecule has 0 aliphatic carbocycles. The molecule has 1 aromatic rings. The largest absolute Gasteiger partial charge is 0.313 e. The van der Waals surface area contributed by atoms with E-state index in [0.717, 1.165) is 0 Å². The van der Waals surface area contributed by atoms with Crippen molar-refractivity contribution in [1.82, 2.24) is 5.32 Å². The molecule has 0 radical (unpaired) electrons. The first-order chi connectivity index (χ1) is 9.95. The van der Waals surface area contributed by atoms with E-state index >= 15 is 0 Å². The number of rotatable bonds is 4. The normalized spacial score (nSPS) is 20.1. The second-order valence-electron chi connectivity index (χ2n) is 4.56. The highest BCUT2D eigenvalue weighted by Crippen LogP contribution is 2.33. The van der Waals surface area contributed by atoms with Gasteiger partial charge in [0.05, 0.1) is 5.92 Å². The maximum atomic E-state index is 12.0. The highest BCUT2D eigenvalue weighted by atomic mass is 35.5. The predicted octanol–water partition coefficient (Wildman–Crippen LogP) is 1.51. The van der Waals surface area contributed by atoms with Gasteiger partial charge in [-0.2, -0.15) is 5.26 Å². The van der Waals surface area contributed by atoms with E-state index in [4.69, 9.17) is 16.9 Å². The smallest absolute Gasteiger partial charge is 0.306 e. The molecular weight excluding hydrogens is 296 g/mol. The summed E-state index contributed by atoms with van der Waals surface area (Å²) in [4.78, 5) is 26.5. The minimum Gasteiger partial charge on any atom is -0.313 e. The number of aliphatic imine (C=N–C) groups is 1. The lowest BCUT2D eigenvalue weighted by Gasteiger charge is -2.20. The highest BCUT2D eigenvalue weighted by molar-refractivity contribution is 6.31. The molecule has 1 aliphatic rings. The molecule has 7 nitrogen and oxygen atoms in total. The Morgan fingerprint density at radius 2 is 2.19 bits per heavy atom. The second kappa shape index (κ2) is 5.89. The number of nitro groups is 1. The maximum Gasteiger partial charge on any atom is 0.306 e. The molecule has 0 bridgehead atoms. The van der Waals surface area contributed by atoms with Crippen LogP contribution in [0.25, 0.3) is 0 Å². The van der Waals surface area contributed by atoms with Crippen LogP contribution in [0, 0.1) is 21.4 Å². The molecule has 0 saturated heterocycles.